The number of benzene rings is 2. The van der Waals surface area contributed by atoms with Gasteiger partial charge in [0.2, 0.25) is 5.43 Å². The lowest BCUT2D eigenvalue weighted by atomic mass is 9.94. The van der Waals surface area contributed by atoms with Crippen LogP contribution in [0, 0.1) is 5.82 Å². The number of pyridine rings is 1. The maximum Gasteiger partial charge on any atom is 0.275 e. The van der Waals surface area contributed by atoms with Crippen LogP contribution in [-0.4, -0.2) is 22.4 Å². The quantitative estimate of drug-likeness (QED) is 0.603. The number of aromatic nitrogens is 1. The normalized spacial score (nSPS) is 17.5. The predicted molar refractivity (Wildman–Crippen MR) is 112 cm³/mol. The van der Waals surface area contributed by atoms with Crippen molar-refractivity contribution in [3.63, 3.8) is 0 Å². The molecule has 152 valence electrons. The first-order valence-corrected chi connectivity index (χ1v) is 10.5. The Balaban J connectivity index is 1.81. The van der Waals surface area contributed by atoms with E-state index in [1.807, 2.05) is 18.2 Å². The standard InChI is InChI=1S/C21H15ClFN3O3S/c22-13-5-1-3-11-9-30-20-12(4-2-6-14(20)23)17(16(11)13)26-10-24-21(29)18-19(28)15(27)7-8-25(18)26/h1-8,17,28H,9-10H2,(H,24,29). The Hall–Kier alpha value is -2.97. The molecule has 1 amide bonds. The molecule has 0 aliphatic carbocycles. The van der Waals surface area contributed by atoms with Crippen molar-refractivity contribution in [2.75, 3.05) is 11.7 Å². The Morgan fingerprint density at radius 1 is 1.17 bits per heavy atom. The lowest BCUT2D eigenvalue weighted by Gasteiger charge is -2.40. The van der Waals surface area contributed by atoms with E-state index in [1.165, 1.54) is 34.8 Å². The Morgan fingerprint density at radius 2 is 1.97 bits per heavy atom. The third kappa shape index (κ3) is 2.79. The molecular formula is C21H15ClFN3O3S. The summed E-state index contributed by atoms with van der Waals surface area (Å²) in [6, 6.07) is 11.1. The van der Waals surface area contributed by atoms with Crippen LogP contribution in [-0.2, 0) is 5.75 Å². The summed E-state index contributed by atoms with van der Waals surface area (Å²) in [4.78, 5) is 24.9. The van der Waals surface area contributed by atoms with Crippen LogP contribution in [0.3, 0.4) is 0 Å². The SMILES string of the molecule is O=C1NCN(C2c3cccc(F)c3SCc3cccc(Cl)c32)n2ccc(=O)c(O)c21. The van der Waals surface area contributed by atoms with Crippen molar-refractivity contribution in [3.05, 3.63) is 92.1 Å². The zero-order chi connectivity index (χ0) is 21.0. The van der Waals surface area contributed by atoms with Crippen molar-refractivity contribution in [1.82, 2.24) is 9.99 Å². The van der Waals surface area contributed by atoms with Gasteiger partial charge >= 0.3 is 0 Å². The highest BCUT2D eigenvalue weighted by Gasteiger charge is 2.36. The molecule has 2 aliphatic rings. The molecule has 1 unspecified atom stereocenters. The van der Waals surface area contributed by atoms with Crippen molar-refractivity contribution < 1.29 is 14.3 Å². The smallest absolute Gasteiger partial charge is 0.275 e. The molecular weight excluding hydrogens is 429 g/mol. The molecule has 0 radical (unpaired) electrons. The summed E-state index contributed by atoms with van der Waals surface area (Å²) in [5, 5.41) is 15.2. The monoisotopic (exact) mass is 443 g/mol. The van der Waals surface area contributed by atoms with Gasteiger partial charge in [-0.05, 0) is 23.3 Å². The summed E-state index contributed by atoms with van der Waals surface area (Å²) < 4.78 is 16.2. The molecule has 0 saturated heterocycles. The zero-order valence-corrected chi connectivity index (χ0v) is 17.0. The second-order valence-corrected chi connectivity index (χ2v) is 8.38. The van der Waals surface area contributed by atoms with Gasteiger partial charge in [-0.1, -0.05) is 35.9 Å². The van der Waals surface area contributed by atoms with Crippen LogP contribution in [0.2, 0.25) is 5.02 Å². The third-order valence-electron chi connectivity index (χ3n) is 5.33. The van der Waals surface area contributed by atoms with E-state index >= 15 is 0 Å². The van der Waals surface area contributed by atoms with E-state index < -0.39 is 23.1 Å². The second-order valence-electron chi connectivity index (χ2n) is 6.99. The number of hydrogen-bond donors (Lipinski definition) is 2. The second kappa shape index (κ2) is 7.07. The van der Waals surface area contributed by atoms with Crippen LogP contribution in [0.5, 0.6) is 5.75 Å². The fraction of sp³-hybridized carbons (Fsp3) is 0.143. The van der Waals surface area contributed by atoms with Crippen LogP contribution in [0.4, 0.5) is 4.39 Å². The van der Waals surface area contributed by atoms with Gasteiger partial charge < -0.3 is 10.4 Å². The number of fused-ring (bicyclic) bond motifs is 3. The van der Waals surface area contributed by atoms with E-state index in [0.717, 1.165) is 11.1 Å². The first-order chi connectivity index (χ1) is 14.5. The summed E-state index contributed by atoms with van der Waals surface area (Å²) >= 11 is 8.01. The van der Waals surface area contributed by atoms with Crippen LogP contribution >= 0.6 is 23.4 Å². The number of nitrogens with zero attached hydrogens (tertiary/aromatic N) is 2. The summed E-state index contributed by atoms with van der Waals surface area (Å²) in [6.07, 6.45) is 1.43. The zero-order valence-electron chi connectivity index (χ0n) is 15.4. The lowest BCUT2D eigenvalue weighted by Crippen LogP contribution is -2.53. The molecule has 3 aromatic rings. The van der Waals surface area contributed by atoms with Crippen LogP contribution < -0.4 is 15.8 Å². The molecule has 30 heavy (non-hydrogen) atoms. The summed E-state index contributed by atoms with van der Waals surface area (Å²) in [5.41, 5.74) is 1.59. The molecule has 3 heterocycles. The number of rotatable bonds is 1. The maximum atomic E-state index is 14.8. The number of thioether (sulfide) groups is 1. The highest BCUT2D eigenvalue weighted by molar-refractivity contribution is 7.98. The summed E-state index contributed by atoms with van der Waals surface area (Å²) in [5.74, 6) is -1.01. The average molecular weight is 444 g/mol. The van der Waals surface area contributed by atoms with Gasteiger partial charge in [0.15, 0.2) is 11.4 Å². The molecule has 0 bridgehead atoms. The van der Waals surface area contributed by atoms with Crippen molar-refractivity contribution in [2.45, 2.75) is 16.7 Å². The maximum absolute atomic E-state index is 14.8. The minimum Gasteiger partial charge on any atom is -0.502 e. The molecule has 5 rings (SSSR count). The van der Waals surface area contributed by atoms with Gasteiger partial charge in [0, 0.05) is 33.5 Å². The van der Waals surface area contributed by atoms with E-state index in [0.29, 0.717) is 21.2 Å². The van der Waals surface area contributed by atoms with Gasteiger partial charge in [-0.2, -0.15) is 0 Å². The Kier molecular flexibility index (Phi) is 4.48. The minimum atomic E-state index is -0.653. The van der Waals surface area contributed by atoms with Gasteiger partial charge in [0.1, 0.15) is 18.5 Å². The molecule has 1 aromatic heterocycles. The van der Waals surface area contributed by atoms with Crippen LogP contribution in [0.1, 0.15) is 33.2 Å². The number of aromatic hydroxyl groups is 1. The predicted octanol–water partition coefficient (Wildman–Crippen LogP) is 3.38. The fourth-order valence-corrected chi connectivity index (χ4v) is 5.39. The van der Waals surface area contributed by atoms with Crippen molar-refractivity contribution in [2.24, 2.45) is 0 Å². The van der Waals surface area contributed by atoms with Gasteiger partial charge in [-0.3, -0.25) is 19.3 Å². The Labute approximate surface area is 179 Å². The van der Waals surface area contributed by atoms with E-state index in [9.17, 15) is 19.1 Å². The van der Waals surface area contributed by atoms with E-state index in [-0.39, 0.29) is 18.2 Å². The van der Waals surface area contributed by atoms with Crippen molar-refractivity contribution in [1.29, 1.82) is 0 Å². The molecule has 9 heteroatoms. The highest BCUT2D eigenvalue weighted by atomic mass is 35.5. The molecule has 0 fully saturated rings. The van der Waals surface area contributed by atoms with Crippen molar-refractivity contribution in [3.8, 4) is 5.75 Å². The number of carbonyl (C=O) groups is 1. The molecule has 2 N–H and O–H groups in total. The molecule has 0 spiro atoms. The molecule has 2 aliphatic heterocycles. The fourth-order valence-electron chi connectivity index (χ4n) is 3.99. The van der Waals surface area contributed by atoms with E-state index in [1.54, 1.807) is 17.1 Å². The highest BCUT2D eigenvalue weighted by Crippen LogP contribution is 2.45. The first kappa shape index (κ1) is 19.0. The topological polar surface area (TPSA) is 74.6 Å². The lowest BCUT2D eigenvalue weighted by molar-refractivity contribution is 0.0915. The Bertz CT molecular complexity index is 1260. The van der Waals surface area contributed by atoms with Gasteiger partial charge in [0.25, 0.3) is 5.91 Å². The Morgan fingerprint density at radius 3 is 2.80 bits per heavy atom. The average Bonchev–Trinajstić information content (AvgIpc) is 2.90. The van der Waals surface area contributed by atoms with Gasteiger partial charge in [-0.25, -0.2) is 4.39 Å². The molecule has 0 saturated carbocycles. The largest absolute Gasteiger partial charge is 0.502 e. The van der Waals surface area contributed by atoms with Crippen LogP contribution in [0.25, 0.3) is 0 Å². The van der Waals surface area contributed by atoms with Crippen LogP contribution in [0.15, 0.2) is 58.4 Å². The molecule has 1 atom stereocenters. The number of hydrogen-bond acceptors (Lipinski definition) is 5. The van der Waals surface area contributed by atoms with E-state index in [2.05, 4.69) is 5.32 Å². The summed E-state index contributed by atoms with van der Waals surface area (Å²) in [6.45, 7) is 0.0735. The number of carbonyl (C=O) groups excluding carboxylic acids is 1. The number of amides is 1. The molecule has 2 aromatic carbocycles. The first-order valence-electron chi connectivity index (χ1n) is 9.15. The summed E-state index contributed by atoms with van der Waals surface area (Å²) in [7, 11) is 0. The number of halogens is 2. The number of nitrogens with one attached hydrogen (secondary N) is 1. The van der Waals surface area contributed by atoms with Crippen molar-refractivity contribution >= 4 is 29.3 Å². The molecule has 6 nitrogen and oxygen atoms in total. The van der Waals surface area contributed by atoms with Gasteiger partial charge in [0.05, 0.1) is 0 Å². The van der Waals surface area contributed by atoms with E-state index in [4.69, 9.17) is 11.6 Å². The van der Waals surface area contributed by atoms with Gasteiger partial charge in [-0.15, -0.1) is 11.8 Å². The third-order valence-corrected chi connectivity index (χ3v) is 6.83. The minimum absolute atomic E-state index is 0.0735.